The van der Waals surface area contributed by atoms with Gasteiger partial charge in [0.15, 0.2) is 11.5 Å². The van der Waals surface area contributed by atoms with Crippen LogP contribution >= 0.6 is 0 Å². The molecule has 1 N–H and O–H groups in total. The van der Waals surface area contributed by atoms with Gasteiger partial charge in [-0.05, 0) is 31.5 Å². The van der Waals surface area contributed by atoms with Gasteiger partial charge in [-0.15, -0.1) is 0 Å². The molecule has 0 radical (unpaired) electrons. The molecule has 2 unspecified atom stereocenters. The molecule has 1 fully saturated rings. The van der Waals surface area contributed by atoms with Gasteiger partial charge in [-0.3, -0.25) is 0 Å². The van der Waals surface area contributed by atoms with Gasteiger partial charge in [0.05, 0.1) is 12.2 Å². The lowest BCUT2D eigenvalue weighted by molar-refractivity contribution is -0.0444. The first-order chi connectivity index (χ1) is 11.7. The topological polar surface area (TPSA) is 77.1 Å². The third-order valence-corrected chi connectivity index (χ3v) is 6.06. The Kier molecular flexibility index (Phi) is 4.98. The number of hydrogen-bond donors (Lipinski definition) is 1. The molecule has 0 bridgehead atoms. The molecule has 1 aromatic carbocycles. The summed E-state index contributed by atoms with van der Waals surface area (Å²) in [4.78, 5) is 0. The predicted octanol–water partition coefficient (Wildman–Crippen LogP) is 1.64. The van der Waals surface area contributed by atoms with Crippen LogP contribution in [0, 0.1) is 0 Å². The maximum Gasteiger partial charge on any atom is 0.279 e. The van der Waals surface area contributed by atoms with Crippen molar-refractivity contribution in [1.29, 1.82) is 0 Å². The molecule has 7 nitrogen and oxygen atoms in total. The number of hydrogen-bond acceptors (Lipinski definition) is 5. The smallest absolute Gasteiger partial charge is 0.279 e. The lowest BCUT2D eigenvalue weighted by atomic mass is 9.85. The van der Waals surface area contributed by atoms with Crippen molar-refractivity contribution in [2.75, 3.05) is 26.4 Å². The van der Waals surface area contributed by atoms with E-state index in [1.807, 2.05) is 45.9 Å². The van der Waals surface area contributed by atoms with Crippen molar-refractivity contribution in [2.45, 2.75) is 45.3 Å². The fraction of sp³-hybridized carbons (Fsp3) is 0.647. The molecule has 2 atom stereocenters. The Bertz CT molecular complexity index is 725. The predicted molar refractivity (Wildman–Crippen MR) is 94.1 cm³/mol. The molecule has 0 aromatic heterocycles. The second kappa shape index (κ2) is 6.75. The standard InChI is InChI=1S/C17H26N2O5S/c1-12-8-19(9-13(2)24-12)25(20,21)18-10-17(3,4)14-5-6-15-16(7-14)23-11-22-15/h5-7,12-13,18H,8-11H2,1-4H3. The third kappa shape index (κ3) is 4.08. The van der Waals surface area contributed by atoms with E-state index in [-0.39, 0.29) is 25.5 Å². The first kappa shape index (κ1) is 18.4. The first-order valence-electron chi connectivity index (χ1n) is 8.48. The highest BCUT2D eigenvalue weighted by molar-refractivity contribution is 7.87. The Morgan fingerprint density at radius 3 is 2.48 bits per heavy atom. The normalized spacial score (nSPS) is 24.5. The summed E-state index contributed by atoms with van der Waals surface area (Å²) in [5, 5.41) is 0. The van der Waals surface area contributed by atoms with Crippen molar-refractivity contribution < 1.29 is 22.6 Å². The van der Waals surface area contributed by atoms with Crippen molar-refractivity contribution >= 4 is 10.2 Å². The second-order valence-corrected chi connectivity index (χ2v) is 9.11. The number of morpholine rings is 1. The first-order valence-corrected chi connectivity index (χ1v) is 9.92. The summed E-state index contributed by atoms with van der Waals surface area (Å²) in [6.45, 7) is 9.00. The Morgan fingerprint density at radius 1 is 1.16 bits per heavy atom. The summed E-state index contributed by atoms with van der Waals surface area (Å²) < 4.78 is 45.9. The van der Waals surface area contributed by atoms with E-state index in [9.17, 15) is 8.42 Å². The van der Waals surface area contributed by atoms with Crippen LogP contribution < -0.4 is 14.2 Å². The minimum Gasteiger partial charge on any atom is -0.454 e. The zero-order valence-corrected chi connectivity index (χ0v) is 15.9. The summed E-state index contributed by atoms with van der Waals surface area (Å²) in [5.41, 5.74) is 0.598. The van der Waals surface area contributed by atoms with Crippen molar-refractivity contribution in [3.63, 3.8) is 0 Å². The van der Waals surface area contributed by atoms with E-state index in [2.05, 4.69) is 4.72 Å². The minimum absolute atomic E-state index is 0.109. The molecule has 8 heteroatoms. The zero-order valence-electron chi connectivity index (χ0n) is 15.1. The van der Waals surface area contributed by atoms with Crippen LogP contribution in [0.4, 0.5) is 0 Å². The SMILES string of the molecule is CC1CN(S(=O)(=O)NCC(C)(C)c2ccc3c(c2)OCO3)CC(C)O1. The summed E-state index contributed by atoms with van der Waals surface area (Å²) in [7, 11) is -3.55. The maximum absolute atomic E-state index is 12.7. The molecule has 2 aliphatic heterocycles. The molecular weight excluding hydrogens is 344 g/mol. The largest absolute Gasteiger partial charge is 0.454 e. The summed E-state index contributed by atoms with van der Waals surface area (Å²) in [5.74, 6) is 1.42. The van der Waals surface area contributed by atoms with Crippen molar-refractivity contribution in [1.82, 2.24) is 9.03 Å². The van der Waals surface area contributed by atoms with E-state index >= 15 is 0 Å². The molecule has 0 spiro atoms. The summed E-state index contributed by atoms with van der Waals surface area (Å²) in [6.07, 6.45) is -0.218. The summed E-state index contributed by atoms with van der Waals surface area (Å²) in [6, 6.07) is 5.72. The van der Waals surface area contributed by atoms with Gasteiger partial charge in [0, 0.05) is 25.0 Å². The molecule has 1 saturated heterocycles. The lowest BCUT2D eigenvalue weighted by Crippen LogP contribution is -2.53. The van der Waals surface area contributed by atoms with Crippen molar-refractivity contribution in [3.05, 3.63) is 23.8 Å². The molecule has 1 aromatic rings. The second-order valence-electron chi connectivity index (χ2n) is 7.35. The van der Waals surface area contributed by atoms with Crippen LogP contribution in [0.5, 0.6) is 11.5 Å². The van der Waals surface area contributed by atoms with Gasteiger partial charge in [0.1, 0.15) is 0 Å². The molecule has 2 heterocycles. The highest BCUT2D eigenvalue weighted by atomic mass is 32.2. The molecule has 0 saturated carbocycles. The molecule has 0 aliphatic carbocycles. The number of nitrogens with zero attached hydrogens (tertiary/aromatic N) is 1. The fourth-order valence-electron chi connectivity index (χ4n) is 3.11. The van der Waals surface area contributed by atoms with E-state index in [4.69, 9.17) is 14.2 Å². The van der Waals surface area contributed by atoms with Crippen LogP contribution in [0.15, 0.2) is 18.2 Å². The molecule has 2 aliphatic rings. The van der Waals surface area contributed by atoms with Crippen LogP contribution in [0.3, 0.4) is 0 Å². The lowest BCUT2D eigenvalue weighted by Gasteiger charge is -2.35. The van der Waals surface area contributed by atoms with Gasteiger partial charge in [-0.25, -0.2) is 4.72 Å². The highest BCUT2D eigenvalue weighted by Gasteiger charge is 2.33. The van der Waals surface area contributed by atoms with E-state index < -0.39 is 15.6 Å². The molecule has 140 valence electrons. The van der Waals surface area contributed by atoms with Crippen molar-refractivity contribution in [2.24, 2.45) is 0 Å². The number of rotatable bonds is 5. The van der Waals surface area contributed by atoms with Crippen LogP contribution in [0.2, 0.25) is 0 Å². The fourth-order valence-corrected chi connectivity index (χ4v) is 4.65. The Morgan fingerprint density at radius 2 is 1.80 bits per heavy atom. The number of fused-ring (bicyclic) bond motifs is 1. The number of ether oxygens (including phenoxy) is 3. The van der Waals surface area contributed by atoms with E-state index in [1.54, 1.807) is 0 Å². The Hall–Kier alpha value is -1.35. The molecular formula is C17H26N2O5S. The van der Waals surface area contributed by atoms with Gasteiger partial charge in [0.25, 0.3) is 10.2 Å². The number of nitrogens with one attached hydrogen (secondary N) is 1. The molecule has 0 amide bonds. The monoisotopic (exact) mass is 370 g/mol. The van der Waals surface area contributed by atoms with Crippen LogP contribution in [-0.2, 0) is 20.4 Å². The Balaban J connectivity index is 1.68. The van der Waals surface area contributed by atoms with Gasteiger partial charge in [0.2, 0.25) is 6.79 Å². The average molecular weight is 370 g/mol. The van der Waals surface area contributed by atoms with Gasteiger partial charge < -0.3 is 14.2 Å². The van der Waals surface area contributed by atoms with Gasteiger partial charge in [-0.1, -0.05) is 19.9 Å². The minimum atomic E-state index is -3.55. The maximum atomic E-state index is 12.7. The van der Waals surface area contributed by atoms with Gasteiger partial charge >= 0.3 is 0 Å². The zero-order chi connectivity index (χ0) is 18.2. The van der Waals surface area contributed by atoms with E-state index in [0.29, 0.717) is 18.8 Å². The highest BCUT2D eigenvalue weighted by Crippen LogP contribution is 2.36. The van der Waals surface area contributed by atoms with Crippen LogP contribution in [-0.4, -0.2) is 51.4 Å². The van der Waals surface area contributed by atoms with E-state index in [1.165, 1.54) is 4.31 Å². The average Bonchev–Trinajstić information content (AvgIpc) is 3.00. The van der Waals surface area contributed by atoms with Gasteiger partial charge in [-0.2, -0.15) is 12.7 Å². The van der Waals surface area contributed by atoms with E-state index in [0.717, 1.165) is 11.3 Å². The van der Waals surface area contributed by atoms with Crippen LogP contribution in [0.1, 0.15) is 33.3 Å². The number of benzene rings is 1. The van der Waals surface area contributed by atoms with Crippen LogP contribution in [0.25, 0.3) is 0 Å². The summed E-state index contributed by atoms with van der Waals surface area (Å²) >= 11 is 0. The third-order valence-electron chi connectivity index (χ3n) is 4.58. The van der Waals surface area contributed by atoms with Crippen molar-refractivity contribution in [3.8, 4) is 11.5 Å². The molecule has 25 heavy (non-hydrogen) atoms. The quantitative estimate of drug-likeness (QED) is 0.853. The molecule has 3 rings (SSSR count). The Labute approximate surface area is 149 Å².